The third-order valence-electron chi connectivity index (χ3n) is 4.69. The van der Waals surface area contributed by atoms with E-state index in [2.05, 4.69) is 19.2 Å². The molecule has 0 heterocycles. The van der Waals surface area contributed by atoms with Gasteiger partial charge in [0.25, 0.3) is 0 Å². The standard InChI is InChI=1S/C17H26N2O.ClH/c1-3-17(4-2,14-8-6-5-7-9-14)16(20)19-12-15(18)13-10-11-13;/h5-9,13,15H,3-4,10-12,18H2,1-2H3,(H,19,20);1H. The van der Waals surface area contributed by atoms with Gasteiger partial charge >= 0.3 is 0 Å². The SMILES string of the molecule is CCC(CC)(C(=O)NCC(N)C1CC1)c1ccccc1.Cl. The van der Waals surface area contributed by atoms with Crippen LogP contribution in [0.25, 0.3) is 0 Å². The van der Waals surface area contributed by atoms with Gasteiger partial charge < -0.3 is 11.1 Å². The zero-order chi connectivity index (χ0) is 14.6. The monoisotopic (exact) mass is 310 g/mol. The van der Waals surface area contributed by atoms with Crippen molar-refractivity contribution in [3.63, 3.8) is 0 Å². The fourth-order valence-corrected chi connectivity index (χ4v) is 2.94. The third-order valence-corrected chi connectivity index (χ3v) is 4.69. The Labute approximate surface area is 134 Å². The highest BCUT2D eigenvalue weighted by atomic mass is 35.5. The molecule has 1 aromatic carbocycles. The molecule has 3 N–H and O–H groups in total. The van der Waals surface area contributed by atoms with Gasteiger partial charge in [0.2, 0.25) is 5.91 Å². The molecule has 0 bridgehead atoms. The van der Waals surface area contributed by atoms with E-state index in [1.54, 1.807) is 0 Å². The number of nitrogens with two attached hydrogens (primary N) is 1. The highest BCUT2D eigenvalue weighted by Gasteiger charge is 2.37. The van der Waals surface area contributed by atoms with Crippen molar-refractivity contribution in [1.29, 1.82) is 0 Å². The summed E-state index contributed by atoms with van der Waals surface area (Å²) in [6.07, 6.45) is 4.03. The van der Waals surface area contributed by atoms with Crippen molar-refractivity contribution in [2.75, 3.05) is 6.54 Å². The second-order valence-corrected chi connectivity index (χ2v) is 5.87. The van der Waals surface area contributed by atoms with Crippen LogP contribution in [0.2, 0.25) is 0 Å². The molecule has 118 valence electrons. The molecule has 21 heavy (non-hydrogen) atoms. The number of halogens is 1. The molecular formula is C17H27ClN2O. The summed E-state index contributed by atoms with van der Waals surface area (Å²) < 4.78 is 0. The van der Waals surface area contributed by atoms with E-state index in [9.17, 15) is 4.79 Å². The molecule has 0 saturated heterocycles. The van der Waals surface area contributed by atoms with Crippen LogP contribution in [-0.2, 0) is 10.2 Å². The van der Waals surface area contributed by atoms with Gasteiger partial charge in [-0.2, -0.15) is 0 Å². The Bertz CT molecular complexity index is 441. The molecule has 0 aromatic heterocycles. The highest BCUT2D eigenvalue weighted by Crippen LogP contribution is 2.33. The molecule has 1 unspecified atom stereocenters. The maximum Gasteiger partial charge on any atom is 0.230 e. The molecule has 2 rings (SSSR count). The summed E-state index contributed by atoms with van der Waals surface area (Å²) in [4.78, 5) is 12.7. The lowest BCUT2D eigenvalue weighted by Gasteiger charge is -2.31. The Kier molecular flexibility index (Phi) is 6.69. The quantitative estimate of drug-likeness (QED) is 0.813. The second kappa shape index (κ2) is 7.81. The summed E-state index contributed by atoms with van der Waals surface area (Å²) in [6, 6.07) is 10.2. The summed E-state index contributed by atoms with van der Waals surface area (Å²) in [5, 5.41) is 3.08. The topological polar surface area (TPSA) is 55.1 Å². The highest BCUT2D eigenvalue weighted by molar-refractivity contribution is 5.88. The molecular weight excluding hydrogens is 284 g/mol. The van der Waals surface area contributed by atoms with E-state index >= 15 is 0 Å². The second-order valence-electron chi connectivity index (χ2n) is 5.87. The lowest BCUT2D eigenvalue weighted by Crippen LogP contribution is -2.48. The van der Waals surface area contributed by atoms with Crippen LogP contribution in [0.5, 0.6) is 0 Å². The Hall–Kier alpha value is -1.06. The van der Waals surface area contributed by atoms with Crippen molar-refractivity contribution >= 4 is 18.3 Å². The normalized spacial score (nSPS) is 16.0. The molecule has 1 aliphatic rings. The lowest BCUT2D eigenvalue weighted by atomic mass is 9.75. The minimum atomic E-state index is -0.426. The summed E-state index contributed by atoms with van der Waals surface area (Å²) >= 11 is 0. The first-order chi connectivity index (χ1) is 9.64. The summed E-state index contributed by atoms with van der Waals surface area (Å²) in [6.45, 7) is 4.76. The molecule has 3 nitrogen and oxygen atoms in total. The number of carbonyl (C=O) groups excluding carboxylic acids is 1. The van der Waals surface area contributed by atoms with Gasteiger partial charge in [-0.1, -0.05) is 44.2 Å². The van der Waals surface area contributed by atoms with Crippen LogP contribution in [0.1, 0.15) is 45.1 Å². The van der Waals surface area contributed by atoms with Crippen molar-refractivity contribution < 1.29 is 4.79 Å². The third kappa shape index (κ3) is 3.98. The van der Waals surface area contributed by atoms with Gasteiger partial charge in [0, 0.05) is 12.6 Å². The van der Waals surface area contributed by atoms with Crippen molar-refractivity contribution in [3.8, 4) is 0 Å². The maximum atomic E-state index is 12.7. The van der Waals surface area contributed by atoms with Crippen molar-refractivity contribution in [1.82, 2.24) is 5.32 Å². The van der Waals surface area contributed by atoms with E-state index in [1.807, 2.05) is 30.3 Å². The summed E-state index contributed by atoms with van der Waals surface area (Å²) in [5.41, 5.74) is 6.75. The fourth-order valence-electron chi connectivity index (χ4n) is 2.94. The lowest BCUT2D eigenvalue weighted by molar-refractivity contribution is -0.127. The number of rotatable bonds is 7. The molecule has 1 aliphatic carbocycles. The van der Waals surface area contributed by atoms with Gasteiger partial charge in [-0.3, -0.25) is 4.79 Å². The number of amides is 1. The molecule has 0 aliphatic heterocycles. The van der Waals surface area contributed by atoms with E-state index in [-0.39, 0.29) is 24.4 Å². The predicted octanol–water partition coefficient (Wildman–Crippen LogP) is 3.02. The molecule has 1 saturated carbocycles. The van der Waals surface area contributed by atoms with Crippen LogP contribution < -0.4 is 11.1 Å². The molecule has 1 fully saturated rings. The smallest absolute Gasteiger partial charge is 0.230 e. The minimum absolute atomic E-state index is 0. The largest absolute Gasteiger partial charge is 0.354 e. The van der Waals surface area contributed by atoms with Gasteiger partial charge in [-0.25, -0.2) is 0 Å². The van der Waals surface area contributed by atoms with E-state index in [1.165, 1.54) is 12.8 Å². The average molecular weight is 311 g/mol. The van der Waals surface area contributed by atoms with Gasteiger partial charge in [0.05, 0.1) is 5.41 Å². The summed E-state index contributed by atoms with van der Waals surface area (Å²) in [7, 11) is 0. The van der Waals surface area contributed by atoms with Crippen LogP contribution in [0, 0.1) is 5.92 Å². The minimum Gasteiger partial charge on any atom is -0.354 e. The van der Waals surface area contributed by atoms with E-state index in [4.69, 9.17) is 5.73 Å². The Morgan fingerprint density at radius 1 is 1.29 bits per heavy atom. The zero-order valence-electron chi connectivity index (χ0n) is 13.0. The predicted molar refractivity (Wildman–Crippen MR) is 89.7 cm³/mol. The number of carbonyl (C=O) groups is 1. The van der Waals surface area contributed by atoms with E-state index < -0.39 is 5.41 Å². The van der Waals surface area contributed by atoms with Crippen LogP contribution in [0.15, 0.2) is 30.3 Å². The molecule has 1 aromatic rings. The van der Waals surface area contributed by atoms with Crippen molar-refractivity contribution in [2.45, 2.75) is 51.0 Å². The van der Waals surface area contributed by atoms with Crippen LogP contribution >= 0.6 is 12.4 Å². The first-order valence-electron chi connectivity index (χ1n) is 7.73. The molecule has 0 spiro atoms. The zero-order valence-corrected chi connectivity index (χ0v) is 13.8. The first kappa shape index (κ1) is 18.0. The first-order valence-corrected chi connectivity index (χ1v) is 7.73. The van der Waals surface area contributed by atoms with Crippen LogP contribution in [0.3, 0.4) is 0 Å². The van der Waals surface area contributed by atoms with Gasteiger partial charge in [-0.05, 0) is 37.2 Å². The molecule has 4 heteroatoms. The number of benzene rings is 1. The van der Waals surface area contributed by atoms with Gasteiger partial charge in [0.15, 0.2) is 0 Å². The molecule has 1 amide bonds. The van der Waals surface area contributed by atoms with Gasteiger partial charge in [0.1, 0.15) is 0 Å². The van der Waals surface area contributed by atoms with Crippen molar-refractivity contribution in [3.05, 3.63) is 35.9 Å². The maximum absolute atomic E-state index is 12.7. The van der Waals surface area contributed by atoms with Crippen molar-refractivity contribution in [2.24, 2.45) is 11.7 Å². The Balaban J connectivity index is 0.00000220. The fraction of sp³-hybridized carbons (Fsp3) is 0.588. The number of nitrogens with one attached hydrogen (secondary N) is 1. The molecule has 1 atom stereocenters. The Morgan fingerprint density at radius 3 is 2.33 bits per heavy atom. The average Bonchev–Trinajstić information content (AvgIpc) is 3.32. The van der Waals surface area contributed by atoms with Gasteiger partial charge in [-0.15, -0.1) is 12.4 Å². The number of hydrogen-bond donors (Lipinski definition) is 2. The van der Waals surface area contributed by atoms with Crippen LogP contribution in [-0.4, -0.2) is 18.5 Å². The summed E-state index contributed by atoms with van der Waals surface area (Å²) in [5.74, 6) is 0.731. The van der Waals surface area contributed by atoms with E-state index in [0.29, 0.717) is 12.5 Å². The number of hydrogen-bond acceptors (Lipinski definition) is 2. The molecule has 0 radical (unpaired) electrons. The van der Waals surface area contributed by atoms with E-state index in [0.717, 1.165) is 18.4 Å². The van der Waals surface area contributed by atoms with Crippen LogP contribution in [0.4, 0.5) is 0 Å². The Morgan fingerprint density at radius 2 is 1.86 bits per heavy atom.